The molecule has 4 aromatic rings. The summed E-state index contributed by atoms with van der Waals surface area (Å²) in [6, 6.07) is 20.1. The third-order valence-electron chi connectivity index (χ3n) is 9.88. The van der Waals surface area contributed by atoms with Crippen LogP contribution >= 0.6 is 0 Å². The van der Waals surface area contributed by atoms with Gasteiger partial charge in [-0.2, -0.15) is 0 Å². The van der Waals surface area contributed by atoms with Crippen molar-refractivity contribution in [3.05, 3.63) is 110 Å². The zero-order chi connectivity index (χ0) is 37.7. The molecule has 4 aliphatic heterocycles. The molecule has 13 nitrogen and oxygen atoms in total. The van der Waals surface area contributed by atoms with E-state index >= 15 is 0 Å². The number of ether oxygens (including phenoxy) is 4. The molecule has 0 amide bonds. The van der Waals surface area contributed by atoms with Gasteiger partial charge in [-0.25, -0.2) is 0 Å². The van der Waals surface area contributed by atoms with Crippen molar-refractivity contribution < 1.29 is 41.6 Å². The fourth-order valence-electron chi connectivity index (χ4n) is 7.30. The molecule has 2 atom stereocenters. The molecule has 14 heteroatoms. The summed E-state index contributed by atoms with van der Waals surface area (Å²) in [5.74, 6) is 3.59. The first-order valence-corrected chi connectivity index (χ1v) is 17.7. The average Bonchev–Trinajstić information content (AvgIpc) is 3.12. The molecular weight excluding hydrogens is 690 g/mol. The number of aliphatic hydroxyl groups excluding tert-OH is 1. The summed E-state index contributed by atoms with van der Waals surface area (Å²) >= 11 is 0. The van der Waals surface area contributed by atoms with Crippen LogP contribution in [-0.2, 0) is 36.3 Å². The van der Waals surface area contributed by atoms with E-state index in [0.717, 1.165) is 54.7 Å². The van der Waals surface area contributed by atoms with Crippen molar-refractivity contribution in [2.45, 2.75) is 44.7 Å². The highest BCUT2D eigenvalue weighted by Crippen LogP contribution is 2.50. The van der Waals surface area contributed by atoms with Crippen molar-refractivity contribution in [3.8, 4) is 34.5 Å². The van der Waals surface area contributed by atoms with Gasteiger partial charge in [-0.3, -0.25) is 19.9 Å². The Balaban J connectivity index is 0.000000817. The van der Waals surface area contributed by atoms with Crippen LogP contribution in [0.1, 0.15) is 51.0 Å². The van der Waals surface area contributed by atoms with Crippen molar-refractivity contribution in [1.82, 2.24) is 9.80 Å². The Morgan fingerprint density at radius 1 is 0.808 bits per heavy atom. The van der Waals surface area contributed by atoms with Crippen molar-refractivity contribution in [1.29, 1.82) is 0 Å². The van der Waals surface area contributed by atoms with Crippen molar-refractivity contribution >= 4 is 16.3 Å². The monoisotopic (exact) mass is 733 g/mol. The van der Waals surface area contributed by atoms with E-state index in [0.29, 0.717) is 47.9 Å². The van der Waals surface area contributed by atoms with Crippen LogP contribution in [0.3, 0.4) is 0 Å². The second-order valence-corrected chi connectivity index (χ2v) is 13.2. The third kappa shape index (κ3) is 8.05. The Labute approximate surface area is 304 Å². The van der Waals surface area contributed by atoms with E-state index < -0.39 is 10.6 Å². The molecule has 0 saturated carbocycles. The van der Waals surface area contributed by atoms with Gasteiger partial charge >= 0.3 is 10.6 Å². The average molecular weight is 734 g/mol. The van der Waals surface area contributed by atoms with E-state index in [1.807, 2.05) is 30.3 Å². The number of benzene rings is 4. The highest BCUT2D eigenvalue weighted by molar-refractivity contribution is 7.59. The second-order valence-electron chi connectivity index (χ2n) is 12.8. The largest absolute Gasteiger partial charge is 0.493 e. The summed E-state index contributed by atoms with van der Waals surface area (Å²) in [5.41, 5.74) is 7.33. The van der Waals surface area contributed by atoms with Crippen LogP contribution in [-0.4, -0.2) is 81.0 Å². The van der Waals surface area contributed by atoms with Crippen LogP contribution in [0.5, 0.6) is 34.5 Å². The van der Waals surface area contributed by atoms with Crippen LogP contribution in [0, 0.1) is 17.0 Å². The maximum Gasteiger partial charge on any atom is 0.425 e. The molecule has 6 bridgehead atoms. The van der Waals surface area contributed by atoms with Crippen molar-refractivity contribution in [2.75, 3.05) is 48.5 Å². The molecular formula is C38H43N3O10S. The number of hydrogen-bond donors (Lipinski definition) is 1. The number of rotatable bonds is 3. The maximum absolute atomic E-state index is 12.4. The quantitative estimate of drug-likeness (QED) is 0.195. The van der Waals surface area contributed by atoms with Gasteiger partial charge < -0.3 is 24.1 Å². The molecule has 276 valence electrons. The molecule has 0 radical (unpaired) electrons. The Kier molecular flexibility index (Phi) is 12.2. The Hall–Kier alpha value is -5.02. The van der Waals surface area contributed by atoms with Gasteiger partial charge in [0.25, 0.3) is 5.69 Å². The number of aliphatic hydroxyl groups is 1. The zero-order valence-corrected chi connectivity index (χ0v) is 30.9. The minimum absolute atomic E-state index is 0.0603. The first-order valence-electron chi connectivity index (χ1n) is 16.7. The van der Waals surface area contributed by atoms with Crippen LogP contribution in [0.2, 0.25) is 0 Å². The number of likely N-dealkylation sites (N-methyl/N-ethyl adjacent to an activating group) is 2. The summed E-state index contributed by atoms with van der Waals surface area (Å²) in [7, 11) is 5.30. The number of fused-ring (bicyclic) bond motifs is 2. The smallest absolute Gasteiger partial charge is 0.425 e. The molecule has 0 fully saturated rings. The molecule has 4 aliphatic rings. The first-order chi connectivity index (χ1) is 25.0. The standard InChI is InChI=1S/C37H39N3O6.CH4O.O3S/c1-22-16-25-12-14-38(2)29-17-23-6-9-26(10-7-23)45-34-19-24(8-11-32(34)43-4)18-31-36-27(13-15-39(31)3)30(40(41)42)21-35(44-5)37(36)46-33(22)20-28(25)29;1-2;1-4(2)3/h6-11,16,19-21,29,31H,12-15,17-18H2,1-5H3;2H,1H3;/t29-,31-;;/m0../s1. The van der Waals surface area contributed by atoms with Crippen LogP contribution in [0.15, 0.2) is 60.7 Å². The number of methoxy groups -OCH3 is 2. The Morgan fingerprint density at radius 2 is 1.42 bits per heavy atom. The predicted molar refractivity (Wildman–Crippen MR) is 194 cm³/mol. The van der Waals surface area contributed by atoms with Crippen LogP contribution < -0.4 is 18.9 Å². The van der Waals surface area contributed by atoms with Gasteiger partial charge in [-0.05, 0) is 105 Å². The van der Waals surface area contributed by atoms with E-state index in [1.54, 1.807) is 14.2 Å². The fourth-order valence-corrected chi connectivity index (χ4v) is 7.30. The fraction of sp³-hybridized carbons (Fsp3) is 0.368. The third-order valence-corrected chi connectivity index (χ3v) is 9.88. The lowest BCUT2D eigenvalue weighted by Crippen LogP contribution is -2.34. The highest BCUT2D eigenvalue weighted by Gasteiger charge is 2.37. The van der Waals surface area contributed by atoms with E-state index in [4.69, 9.17) is 36.7 Å². The molecule has 1 N–H and O–H groups in total. The van der Waals surface area contributed by atoms with Crippen molar-refractivity contribution in [2.24, 2.45) is 0 Å². The van der Waals surface area contributed by atoms with Crippen LogP contribution in [0.25, 0.3) is 0 Å². The van der Waals surface area contributed by atoms with Gasteiger partial charge in [0.1, 0.15) is 11.5 Å². The SMILES string of the molecule is CO.COc1ccc2cc1Oc1ccc(cc1)C[C@H]1c3cc(c(C)cc3CCN1C)Oc1c(OC)cc([N+](=O)[O-])c3c1[C@H](C2)N(C)CC3.O=S(=O)=O. The number of nitro benzene ring substituents is 1. The Morgan fingerprint density at radius 3 is 2.08 bits per heavy atom. The number of aryl methyl sites for hydroxylation is 1. The lowest BCUT2D eigenvalue weighted by Gasteiger charge is -2.37. The molecule has 0 aromatic heterocycles. The number of hydrogen-bond acceptors (Lipinski definition) is 12. The van der Waals surface area contributed by atoms with E-state index in [-0.39, 0.29) is 22.7 Å². The molecule has 0 aliphatic carbocycles. The van der Waals surface area contributed by atoms with Gasteiger partial charge in [0.2, 0.25) is 0 Å². The molecule has 4 heterocycles. The number of nitro groups is 1. The lowest BCUT2D eigenvalue weighted by atomic mass is 9.86. The second kappa shape index (κ2) is 16.5. The minimum Gasteiger partial charge on any atom is -0.493 e. The van der Waals surface area contributed by atoms with Crippen LogP contribution in [0.4, 0.5) is 5.69 Å². The maximum atomic E-state index is 12.4. The molecule has 0 spiro atoms. The molecule has 8 rings (SSSR count). The molecule has 52 heavy (non-hydrogen) atoms. The summed E-state index contributed by atoms with van der Waals surface area (Å²) in [6.07, 6.45) is 2.88. The summed E-state index contributed by atoms with van der Waals surface area (Å²) in [5, 5.41) is 19.4. The number of nitrogens with zero attached hydrogens (tertiary/aromatic N) is 3. The predicted octanol–water partition coefficient (Wildman–Crippen LogP) is 5.97. The molecule has 0 unspecified atom stereocenters. The topological polar surface area (TPSA) is 158 Å². The highest BCUT2D eigenvalue weighted by atomic mass is 32.2. The van der Waals surface area contributed by atoms with E-state index in [9.17, 15) is 10.1 Å². The lowest BCUT2D eigenvalue weighted by molar-refractivity contribution is -0.385. The normalized spacial score (nSPS) is 17.6. The van der Waals surface area contributed by atoms with Gasteiger partial charge in [0.15, 0.2) is 23.0 Å². The van der Waals surface area contributed by atoms with E-state index in [1.165, 1.54) is 22.8 Å². The summed E-state index contributed by atoms with van der Waals surface area (Å²) < 4.78 is 50.2. The van der Waals surface area contributed by atoms with Gasteiger partial charge in [-0.15, -0.1) is 12.6 Å². The Bertz CT molecular complexity index is 2050. The zero-order valence-electron chi connectivity index (χ0n) is 30.0. The minimum atomic E-state index is -3.11. The first kappa shape index (κ1) is 38.2. The van der Waals surface area contributed by atoms with Crippen molar-refractivity contribution in [3.63, 3.8) is 0 Å². The van der Waals surface area contributed by atoms with Gasteiger partial charge in [0.05, 0.1) is 25.2 Å². The van der Waals surface area contributed by atoms with Gasteiger partial charge in [0, 0.05) is 43.4 Å². The molecule has 0 saturated heterocycles. The van der Waals surface area contributed by atoms with Gasteiger partial charge in [-0.1, -0.05) is 24.3 Å². The summed E-state index contributed by atoms with van der Waals surface area (Å²) in [6.45, 7) is 3.70. The summed E-state index contributed by atoms with van der Waals surface area (Å²) in [4.78, 5) is 16.7. The molecule has 4 aromatic carbocycles. The van der Waals surface area contributed by atoms with E-state index in [2.05, 4.69) is 55.1 Å².